The molecular formula is C14H16N2O3S2. The van der Waals surface area contributed by atoms with Gasteiger partial charge in [-0.05, 0) is 35.6 Å². The first-order valence-corrected chi connectivity index (χ1v) is 8.79. The molecule has 0 saturated carbocycles. The lowest BCUT2D eigenvalue weighted by atomic mass is 10.1. The Bertz CT molecular complexity index is 692. The fourth-order valence-electron chi connectivity index (χ4n) is 1.68. The van der Waals surface area contributed by atoms with Gasteiger partial charge in [0.2, 0.25) is 5.91 Å². The van der Waals surface area contributed by atoms with Gasteiger partial charge in [-0.25, -0.2) is 13.1 Å². The first-order chi connectivity index (χ1) is 10.0. The summed E-state index contributed by atoms with van der Waals surface area (Å²) in [5, 5.41) is 4.32. The zero-order chi connectivity index (χ0) is 15.3. The number of benzene rings is 1. The molecule has 0 unspecified atom stereocenters. The molecule has 0 aliphatic heterocycles. The van der Waals surface area contributed by atoms with Gasteiger partial charge in [0.25, 0.3) is 10.0 Å². The van der Waals surface area contributed by atoms with Crippen LogP contribution in [0.25, 0.3) is 0 Å². The Morgan fingerprint density at radius 1 is 1.19 bits per heavy atom. The minimum absolute atomic E-state index is 0.197. The van der Waals surface area contributed by atoms with Crippen LogP contribution in [0.5, 0.6) is 0 Å². The number of carbonyl (C=O) groups excluding carboxylic acids is 1. The number of thiophene rings is 1. The minimum Gasteiger partial charge on any atom is -0.325 e. The van der Waals surface area contributed by atoms with Gasteiger partial charge in [-0.2, -0.15) is 0 Å². The number of rotatable bonds is 6. The number of aryl methyl sites for hydroxylation is 1. The predicted octanol–water partition coefficient (Wildman–Crippen LogP) is 2.23. The number of hydrogen-bond acceptors (Lipinski definition) is 4. The fourth-order valence-corrected chi connectivity index (χ4v) is 3.70. The van der Waals surface area contributed by atoms with Gasteiger partial charge < -0.3 is 5.32 Å². The summed E-state index contributed by atoms with van der Waals surface area (Å²) >= 11 is 1.11. The molecule has 2 rings (SSSR count). The van der Waals surface area contributed by atoms with E-state index in [0.29, 0.717) is 5.69 Å². The maximum absolute atomic E-state index is 11.9. The van der Waals surface area contributed by atoms with E-state index in [2.05, 4.69) is 10.0 Å². The van der Waals surface area contributed by atoms with Crippen LogP contribution < -0.4 is 10.0 Å². The van der Waals surface area contributed by atoms with Crippen molar-refractivity contribution in [1.29, 1.82) is 0 Å². The van der Waals surface area contributed by atoms with Crippen molar-refractivity contribution in [3.05, 3.63) is 47.3 Å². The van der Waals surface area contributed by atoms with E-state index in [0.717, 1.165) is 17.8 Å². The molecule has 112 valence electrons. The highest BCUT2D eigenvalue weighted by atomic mass is 32.2. The summed E-state index contributed by atoms with van der Waals surface area (Å²) in [6, 6.07) is 10.6. The van der Waals surface area contributed by atoms with Crippen LogP contribution in [0.4, 0.5) is 5.69 Å². The van der Waals surface area contributed by atoms with Crippen molar-refractivity contribution in [2.24, 2.45) is 0 Å². The molecule has 21 heavy (non-hydrogen) atoms. The van der Waals surface area contributed by atoms with Crippen LogP contribution in [0, 0.1) is 0 Å². The largest absolute Gasteiger partial charge is 0.325 e. The average molecular weight is 324 g/mol. The molecule has 0 aliphatic carbocycles. The Labute approximate surface area is 128 Å². The number of hydrogen-bond donors (Lipinski definition) is 2. The van der Waals surface area contributed by atoms with E-state index in [-0.39, 0.29) is 10.8 Å². The molecule has 2 aromatic rings. The molecule has 0 atom stereocenters. The number of sulfonamides is 1. The highest BCUT2D eigenvalue weighted by Crippen LogP contribution is 2.15. The van der Waals surface area contributed by atoms with Gasteiger partial charge in [0.05, 0.1) is 6.54 Å². The van der Waals surface area contributed by atoms with Crippen LogP contribution in [0.3, 0.4) is 0 Å². The maximum atomic E-state index is 11.9. The van der Waals surface area contributed by atoms with Crippen LogP contribution in [0.2, 0.25) is 0 Å². The second-order valence-corrected chi connectivity index (χ2v) is 7.30. The molecule has 0 spiro atoms. The second kappa shape index (κ2) is 6.84. The summed E-state index contributed by atoms with van der Waals surface area (Å²) in [6.07, 6.45) is 0.925. The van der Waals surface area contributed by atoms with Crippen LogP contribution in [0.15, 0.2) is 46.0 Å². The average Bonchev–Trinajstić information content (AvgIpc) is 3.01. The molecule has 1 aromatic heterocycles. The summed E-state index contributed by atoms with van der Waals surface area (Å²) < 4.78 is 26.2. The zero-order valence-corrected chi connectivity index (χ0v) is 13.1. The summed E-state index contributed by atoms with van der Waals surface area (Å²) in [7, 11) is -3.61. The van der Waals surface area contributed by atoms with Gasteiger partial charge in [0.1, 0.15) is 4.21 Å². The maximum Gasteiger partial charge on any atom is 0.250 e. The molecule has 1 amide bonds. The highest BCUT2D eigenvalue weighted by Gasteiger charge is 2.16. The van der Waals surface area contributed by atoms with Crippen molar-refractivity contribution >= 4 is 33.0 Å². The Kier molecular flexibility index (Phi) is 5.11. The lowest BCUT2D eigenvalue weighted by Crippen LogP contribution is -2.32. The first kappa shape index (κ1) is 15.7. The molecule has 1 heterocycles. The summed E-state index contributed by atoms with van der Waals surface area (Å²) in [5.41, 5.74) is 1.82. The first-order valence-electron chi connectivity index (χ1n) is 6.43. The monoisotopic (exact) mass is 324 g/mol. The topological polar surface area (TPSA) is 75.3 Å². The molecular weight excluding hydrogens is 308 g/mol. The molecule has 0 saturated heterocycles. The van der Waals surface area contributed by atoms with Crippen molar-refractivity contribution in [1.82, 2.24) is 4.72 Å². The zero-order valence-electron chi connectivity index (χ0n) is 11.5. The van der Waals surface area contributed by atoms with E-state index in [9.17, 15) is 13.2 Å². The lowest BCUT2D eigenvalue weighted by molar-refractivity contribution is -0.115. The van der Waals surface area contributed by atoms with Crippen molar-refractivity contribution in [2.45, 2.75) is 17.6 Å². The molecule has 0 radical (unpaired) electrons. The third-order valence-corrected chi connectivity index (χ3v) is 5.63. The molecule has 0 fully saturated rings. The number of carbonyl (C=O) groups is 1. The van der Waals surface area contributed by atoms with Crippen LogP contribution in [-0.4, -0.2) is 20.9 Å². The molecule has 5 nitrogen and oxygen atoms in total. The van der Waals surface area contributed by atoms with Crippen molar-refractivity contribution in [2.75, 3.05) is 11.9 Å². The fraction of sp³-hybridized carbons (Fsp3) is 0.214. The smallest absolute Gasteiger partial charge is 0.250 e. The molecule has 0 aliphatic rings. The Hall–Kier alpha value is -1.70. The van der Waals surface area contributed by atoms with Gasteiger partial charge in [0.15, 0.2) is 0 Å². The van der Waals surface area contributed by atoms with Crippen LogP contribution >= 0.6 is 11.3 Å². The Morgan fingerprint density at radius 2 is 1.90 bits per heavy atom. The summed E-state index contributed by atoms with van der Waals surface area (Å²) in [4.78, 5) is 11.7. The third kappa shape index (κ3) is 4.38. The number of anilines is 1. The normalized spacial score (nSPS) is 11.3. The minimum atomic E-state index is -3.61. The van der Waals surface area contributed by atoms with Gasteiger partial charge in [0, 0.05) is 5.69 Å². The standard InChI is InChI=1S/C14H16N2O3S2/c1-2-11-5-7-12(8-6-11)16-13(17)10-15-21(18,19)14-4-3-9-20-14/h3-9,15H,2,10H2,1H3,(H,16,17). The van der Waals surface area contributed by atoms with Crippen molar-refractivity contribution < 1.29 is 13.2 Å². The molecule has 7 heteroatoms. The quantitative estimate of drug-likeness (QED) is 0.855. The molecule has 1 aromatic carbocycles. The second-order valence-electron chi connectivity index (χ2n) is 4.36. The van der Waals surface area contributed by atoms with E-state index in [4.69, 9.17) is 0 Å². The van der Waals surface area contributed by atoms with Gasteiger partial charge >= 0.3 is 0 Å². The van der Waals surface area contributed by atoms with Crippen molar-refractivity contribution in [3.63, 3.8) is 0 Å². The molecule has 0 bridgehead atoms. The predicted molar refractivity (Wildman–Crippen MR) is 84.0 cm³/mol. The van der Waals surface area contributed by atoms with E-state index >= 15 is 0 Å². The van der Waals surface area contributed by atoms with Gasteiger partial charge in [-0.1, -0.05) is 25.1 Å². The highest BCUT2D eigenvalue weighted by molar-refractivity contribution is 7.91. The summed E-state index contributed by atoms with van der Waals surface area (Å²) in [5.74, 6) is -0.403. The third-order valence-electron chi connectivity index (χ3n) is 2.83. The van der Waals surface area contributed by atoms with Crippen molar-refractivity contribution in [3.8, 4) is 0 Å². The number of nitrogens with one attached hydrogen (secondary N) is 2. The van der Waals surface area contributed by atoms with E-state index < -0.39 is 15.9 Å². The SMILES string of the molecule is CCc1ccc(NC(=O)CNS(=O)(=O)c2cccs2)cc1. The van der Waals surface area contributed by atoms with Crippen LogP contribution in [0.1, 0.15) is 12.5 Å². The number of amides is 1. The van der Waals surface area contributed by atoms with Crippen LogP contribution in [-0.2, 0) is 21.2 Å². The Morgan fingerprint density at radius 3 is 2.48 bits per heavy atom. The summed E-state index contributed by atoms with van der Waals surface area (Å²) in [6.45, 7) is 1.75. The Balaban J connectivity index is 1.90. The lowest BCUT2D eigenvalue weighted by Gasteiger charge is -2.07. The van der Waals surface area contributed by atoms with Gasteiger partial charge in [-0.15, -0.1) is 11.3 Å². The van der Waals surface area contributed by atoms with E-state index in [1.165, 1.54) is 11.6 Å². The van der Waals surface area contributed by atoms with E-state index in [1.807, 2.05) is 19.1 Å². The van der Waals surface area contributed by atoms with E-state index in [1.54, 1.807) is 23.6 Å². The molecule has 2 N–H and O–H groups in total. The van der Waals surface area contributed by atoms with Gasteiger partial charge in [-0.3, -0.25) is 4.79 Å².